The fourth-order valence-electron chi connectivity index (χ4n) is 3.70. The van der Waals surface area contributed by atoms with Crippen molar-refractivity contribution in [3.8, 4) is 11.5 Å². The molecular weight excluding hydrogens is 420 g/mol. The summed E-state index contributed by atoms with van der Waals surface area (Å²) < 4.78 is 37.7. The second kappa shape index (κ2) is 11.2. The van der Waals surface area contributed by atoms with Crippen molar-refractivity contribution in [2.45, 2.75) is 19.1 Å². The summed E-state index contributed by atoms with van der Waals surface area (Å²) in [5.74, 6) is -0.988. The maximum Gasteiger partial charge on any atom is 0.238 e. The Morgan fingerprint density at radius 2 is 1.97 bits per heavy atom. The standard InChI is InChI=1S/C23H29F2N3O4/c1-16-12-27(14-23(30)26-17-7-8-21(31-2)20(25)11-17)9-10-28(16)13-18(29)15-32-22-6-4-3-5-19(22)24/h3-8,11,16,18,29H,9-10,12-15H2,1-2H3,(H,26,30). The van der Waals surface area contributed by atoms with Crippen molar-refractivity contribution >= 4 is 11.6 Å². The Bertz CT molecular complexity index is 915. The summed E-state index contributed by atoms with van der Waals surface area (Å²) in [5.41, 5.74) is 0.373. The number of halogens is 2. The van der Waals surface area contributed by atoms with Gasteiger partial charge in [-0.25, -0.2) is 8.78 Å². The van der Waals surface area contributed by atoms with Gasteiger partial charge in [0.15, 0.2) is 23.1 Å². The van der Waals surface area contributed by atoms with Gasteiger partial charge in [0.1, 0.15) is 12.7 Å². The number of aliphatic hydroxyl groups is 1. The van der Waals surface area contributed by atoms with E-state index >= 15 is 0 Å². The van der Waals surface area contributed by atoms with Crippen molar-refractivity contribution < 1.29 is 28.2 Å². The zero-order valence-corrected chi connectivity index (χ0v) is 18.3. The number of nitrogens with zero attached hydrogens (tertiary/aromatic N) is 2. The number of para-hydroxylation sites is 1. The largest absolute Gasteiger partial charge is 0.494 e. The molecule has 1 fully saturated rings. The van der Waals surface area contributed by atoms with Crippen LogP contribution in [0.25, 0.3) is 0 Å². The predicted molar refractivity (Wildman–Crippen MR) is 117 cm³/mol. The highest BCUT2D eigenvalue weighted by Crippen LogP contribution is 2.21. The maximum atomic E-state index is 13.8. The van der Waals surface area contributed by atoms with E-state index in [2.05, 4.69) is 10.2 Å². The molecule has 1 aliphatic heterocycles. The topological polar surface area (TPSA) is 74.3 Å². The highest BCUT2D eigenvalue weighted by Gasteiger charge is 2.26. The molecule has 0 radical (unpaired) electrons. The normalized spacial score (nSPS) is 18.2. The summed E-state index contributed by atoms with van der Waals surface area (Å²) in [6, 6.07) is 10.5. The average molecular weight is 449 g/mol. The van der Waals surface area contributed by atoms with Gasteiger partial charge in [-0.3, -0.25) is 14.6 Å². The van der Waals surface area contributed by atoms with Crippen LogP contribution in [0.3, 0.4) is 0 Å². The van der Waals surface area contributed by atoms with Crippen LogP contribution < -0.4 is 14.8 Å². The number of nitrogens with one attached hydrogen (secondary N) is 1. The highest BCUT2D eigenvalue weighted by molar-refractivity contribution is 5.92. The minimum absolute atomic E-state index is 0.00526. The number of anilines is 1. The Morgan fingerprint density at radius 1 is 1.19 bits per heavy atom. The fourth-order valence-corrected chi connectivity index (χ4v) is 3.70. The molecule has 1 amide bonds. The molecule has 0 saturated carbocycles. The Balaban J connectivity index is 1.42. The second-order valence-corrected chi connectivity index (χ2v) is 7.87. The summed E-state index contributed by atoms with van der Waals surface area (Å²) in [4.78, 5) is 16.5. The zero-order chi connectivity index (χ0) is 23.1. The maximum absolute atomic E-state index is 13.8. The van der Waals surface area contributed by atoms with E-state index in [0.717, 1.165) is 0 Å². The summed E-state index contributed by atoms with van der Waals surface area (Å²) in [7, 11) is 1.38. The van der Waals surface area contributed by atoms with Gasteiger partial charge < -0.3 is 19.9 Å². The van der Waals surface area contributed by atoms with Crippen molar-refractivity contribution in [3.05, 3.63) is 54.1 Å². The second-order valence-electron chi connectivity index (χ2n) is 7.87. The first-order chi connectivity index (χ1) is 15.4. The molecule has 174 valence electrons. The summed E-state index contributed by atoms with van der Waals surface area (Å²) in [6.45, 7) is 4.55. The molecule has 2 unspecified atom stereocenters. The van der Waals surface area contributed by atoms with Gasteiger partial charge in [-0.05, 0) is 31.2 Å². The molecule has 3 rings (SSSR count). The van der Waals surface area contributed by atoms with Gasteiger partial charge in [-0.15, -0.1) is 0 Å². The third-order valence-corrected chi connectivity index (χ3v) is 5.37. The molecule has 32 heavy (non-hydrogen) atoms. The molecule has 2 atom stereocenters. The van der Waals surface area contributed by atoms with Gasteiger partial charge in [0.25, 0.3) is 0 Å². The first-order valence-electron chi connectivity index (χ1n) is 10.5. The van der Waals surface area contributed by atoms with Crippen LogP contribution in [-0.2, 0) is 4.79 Å². The Kier molecular flexibility index (Phi) is 8.38. The number of amides is 1. The quantitative estimate of drug-likeness (QED) is 0.612. The fraction of sp³-hybridized carbons (Fsp3) is 0.435. The number of β-amino-alcohol motifs (C(OH)–C–C–N with tert-alkyl or cyclic N) is 1. The number of piperazine rings is 1. The van der Waals surface area contributed by atoms with Crippen molar-refractivity contribution in [2.24, 2.45) is 0 Å². The highest BCUT2D eigenvalue weighted by atomic mass is 19.1. The van der Waals surface area contributed by atoms with Crippen LogP contribution in [0.4, 0.5) is 14.5 Å². The molecular formula is C23H29F2N3O4. The Labute approximate surface area is 186 Å². The lowest BCUT2D eigenvalue weighted by Gasteiger charge is -2.40. The molecule has 1 saturated heterocycles. The number of methoxy groups -OCH3 is 1. The van der Waals surface area contributed by atoms with E-state index in [1.165, 1.54) is 31.4 Å². The molecule has 1 heterocycles. The van der Waals surface area contributed by atoms with E-state index in [1.807, 2.05) is 11.8 Å². The number of aliphatic hydroxyl groups excluding tert-OH is 1. The third kappa shape index (κ3) is 6.62. The van der Waals surface area contributed by atoms with Gasteiger partial charge in [-0.1, -0.05) is 12.1 Å². The number of ether oxygens (including phenoxy) is 2. The molecule has 0 aromatic heterocycles. The van der Waals surface area contributed by atoms with E-state index in [0.29, 0.717) is 31.9 Å². The molecule has 9 heteroatoms. The molecule has 2 N–H and O–H groups in total. The molecule has 2 aromatic rings. The van der Waals surface area contributed by atoms with Crippen molar-refractivity contribution in [2.75, 3.05) is 51.8 Å². The number of carbonyl (C=O) groups is 1. The molecule has 0 aliphatic carbocycles. The van der Waals surface area contributed by atoms with Gasteiger partial charge in [-0.2, -0.15) is 0 Å². The summed E-state index contributed by atoms with van der Waals surface area (Å²) in [6.07, 6.45) is -0.767. The molecule has 0 spiro atoms. The van der Waals surface area contributed by atoms with Crippen molar-refractivity contribution in [3.63, 3.8) is 0 Å². The van der Waals surface area contributed by atoms with E-state index in [9.17, 15) is 18.7 Å². The van der Waals surface area contributed by atoms with Crippen LogP contribution in [0.2, 0.25) is 0 Å². The molecule has 0 bridgehead atoms. The number of benzene rings is 2. The zero-order valence-electron chi connectivity index (χ0n) is 18.3. The lowest BCUT2D eigenvalue weighted by atomic mass is 10.1. The molecule has 2 aromatic carbocycles. The van der Waals surface area contributed by atoms with Crippen LogP contribution in [0.15, 0.2) is 42.5 Å². The van der Waals surface area contributed by atoms with Crippen molar-refractivity contribution in [1.82, 2.24) is 9.80 Å². The van der Waals surface area contributed by atoms with E-state index < -0.39 is 17.7 Å². The Hall–Kier alpha value is -2.75. The molecule has 1 aliphatic rings. The van der Waals surface area contributed by atoms with Crippen LogP contribution in [0.1, 0.15) is 6.92 Å². The number of carbonyl (C=O) groups excluding carboxylic acids is 1. The monoisotopic (exact) mass is 449 g/mol. The first kappa shape index (κ1) is 23.9. The summed E-state index contributed by atoms with van der Waals surface area (Å²) >= 11 is 0. The third-order valence-electron chi connectivity index (χ3n) is 5.37. The van der Waals surface area contributed by atoms with Crippen LogP contribution >= 0.6 is 0 Å². The number of hydrogen-bond acceptors (Lipinski definition) is 6. The van der Waals surface area contributed by atoms with Gasteiger partial charge in [0.2, 0.25) is 5.91 Å². The number of hydrogen-bond donors (Lipinski definition) is 2. The van der Waals surface area contributed by atoms with E-state index in [1.54, 1.807) is 18.2 Å². The van der Waals surface area contributed by atoms with E-state index in [4.69, 9.17) is 9.47 Å². The lowest BCUT2D eigenvalue weighted by Crippen LogP contribution is -2.55. The lowest BCUT2D eigenvalue weighted by molar-refractivity contribution is -0.118. The smallest absolute Gasteiger partial charge is 0.238 e. The minimum atomic E-state index is -0.767. The van der Waals surface area contributed by atoms with Crippen LogP contribution in [0.5, 0.6) is 11.5 Å². The minimum Gasteiger partial charge on any atom is -0.494 e. The average Bonchev–Trinajstić information content (AvgIpc) is 2.75. The van der Waals surface area contributed by atoms with Gasteiger partial charge >= 0.3 is 0 Å². The predicted octanol–water partition coefficient (Wildman–Crippen LogP) is 2.36. The van der Waals surface area contributed by atoms with E-state index in [-0.39, 0.29) is 36.6 Å². The molecule has 7 nitrogen and oxygen atoms in total. The number of rotatable bonds is 9. The van der Waals surface area contributed by atoms with Gasteiger partial charge in [0.05, 0.1) is 13.7 Å². The Morgan fingerprint density at radius 3 is 2.66 bits per heavy atom. The van der Waals surface area contributed by atoms with Crippen LogP contribution in [-0.4, -0.2) is 79.4 Å². The summed E-state index contributed by atoms with van der Waals surface area (Å²) in [5, 5.41) is 13.0. The van der Waals surface area contributed by atoms with Gasteiger partial charge in [0, 0.05) is 44.0 Å². The van der Waals surface area contributed by atoms with Crippen LogP contribution in [0, 0.1) is 11.6 Å². The van der Waals surface area contributed by atoms with Crippen molar-refractivity contribution in [1.29, 1.82) is 0 Å². The SMILES string of the molecule is COc1ccc(NC(=O)CN2CCN(CC(O)COc3ccccc3F)C(C)C2)cc1F. The first-order valence-corrected chi connectivity index (χ1v) is 10.5.